The Morgan fingerprint density at radius 3 is 2.14 bits per heavy atom. The van der Waals surface area contributed by atoms with Gasteiger partial charge in [-0.05, 0) is 5.56 Å². The second kappa shape index (κ2) is 8.06. The zero-order valence-electron chi connectivity index (χ0n) is 8.20. The minimum absolute atomic E-state index is 0. The predicted octanol–water partition coefficient (Wildman–Crippen LogP) is -5.26. The van der Waals surface area contributed by atoms with Crippen molar-refractivity contribution in [3.05, 3.63) is 35.9 Å². The van der Waals surface area contributed by atoms with E-state index in [9.17, 15) is 8.42 Å². The number of halogens is 1. The summed E-state index contributed by atoms with van der Waals surface area (Å²) in [5.41, 5.74) is 0.961. The molecule has 74 valence electrons. The van der Waals surface area contributed by atoms with Gasteiger partial charge in [-0.2, -0.15) is 0 Å². The number of hydrogen-bond acceptors (Lipinski definition) is 2. The molecule has 3 nitrogen and oxygen atoms in total. The maximum atomic E-state index is 10.7. The molecule has 14 heavy (non-hydrogen) atoms. The average molecular weight is 335 g/mol. The average Bonchev–Trinajstić information content (AvgIpc) is 2.02. The van der Waals surface area contributed by atoms with Gasteiger partial charge in [0.25, 0.3) is 0 Å². The Balaban J connectivity index is 0. The van der Waals surface area contributed by atoms with E-state index in [0.717, 1.165) is 11.8 Å². The van der Waals surface area contributed by atoms with Crippen LogP contribution in [0.1, 0.15) is 5.56 Å². The monoisotopic (exact) mass is 335 g/mol. The van der Waals surface area contributed by atoms with E-state index < -0.39 is 10.0 Å². The number of sulfonamides is 1. The first-order chi connectivity index (χ1) is 5.58. The van der Waals surface area contributed by atoms with Crippen LogP contribution in [0.3, 0.4) is 0 Å². The first-order valence-electron chi connectivity index (χ1n) is 3.56. The third kappa shape index (κ3) is 8.19. The van der Waals surface area contributed by atoms with Crippen molar-refractivity contribution in [1.29, 1.82) is 0 Å². The summed E-state index contributed by atoms with van der Waals surface area (Å²) in [5, 5.41) is 0. The summed E-state index contributed by atoms with van der Waals surface area (Å²) in [6.07, 6.45) is 1.15. The SMILES string of the molecule is CS(=O)(=O)NCc1ccccc1.[I-].[Na+]. The smallest absolute Gasteiger partial charge is 1.00 e. The van der Waals surface area contributed by atoms with E-state index in [1.807, 2.05) is 30.3 Å². The van der Waals surface area contributed by atoms with Crippen LogP contribution < -0.4 is 58.3 Å². The van der Waals surface area contributed by atoms with E-state index in [4.69, 9.17) is 0 Å². The molecule has 0 heterocycles. The molecular weight excluding hydrogens is 324 g/mol. The van der Waals surface area contributed by atoms with Crippen molar-refractivity contribution in [2.45, 2.75) is 6.54 Å². The van der Waals surface area contributed by atoms with E-state index in [0.29, 0.717) is 6.54 Å². The number of rotatable bonds is 3. The van der Waals surface area contributed by atoms with Crippen LogP contribution in [-0.4, -0.2) is 14.7 Å². The Morgan fingerprint density at radius 1 is 1.21 bits per heavy atom. The maximum absolute atomic E-state index is 10.7. The van der Waals surface area contributed by atoms with E-state index in [-0.39, 0.29) is 53.5 Å². The molecule has 0 saturated heterocycles. The summed E-state index contributed by atoms with van der Waals surface area (Å²) in [5.74, 6) is 0. The van der Waals surface area contributed by atoms with Gasteiger partial charge >= 0.3 is 29.6 Å². The molecule has 0 aliphatic rings. The van der Waals surface area contributed by atoms with Crippen molar-refractivity contribution in [2.24, 2.45) is 0 Å². The van der Waals surface area contributed by atoms with Crippen molar-refractivity contribution in [1.82, 2.24) is 4.72 Å². The van der Waals surface area contributed by atoms with Gasteiger partial charge in [0.05, 0.1) is 6.26 Å². The Morgan fingerprint density at radius 2 is 1.71 bits per heavy atom. The van der Waals surface area contributed by atoms with Gasteiger partial charge in [0.2, 0.25) is 10.0 Å². The molecule has 0 amide bonds. The van der Waals surface area contributed by atoms with Gasteiger partial charge in [0, 0.05) is 6.54 Å². The van der Waals surface area contributed by atoms with Crippen LogP contribution in [0.4, 0.5) is 0 Å². The summed E-state index contributed by atoms with van der Waals surface area (Å²) in [7, 11) is -3.07. The van der Waals surface area contributed by atoms with Gasteiger partial charge in [-0.3, -0.25) is 0 Å². The molecule has 0 fully saturated rings. The summed E-state index contributed by atoms with van der Waals surface area (Å²) in [6, 6.07) is 9.39. The van der Waals surface area contributed by atoms with Crippen molar-refractivity contribution in [3.8, 4) is 0 Å². The predicted molar refractivity (Wildman–Crippen MR) is 48.1 cm³/mol. The minimum Gasteiger partial charge on any atom is -1.00 e. The first kappa shape index (κ1) is 17.3. The molecule has 6 heteroatoms. The van der Waals surface area contributed by atoms with Crippen LogP contribution in [0.2, 0.25) is 0 Å². The van der Waals surface area contributed by atoms with Crippen LogP contribution >= 0.6 is 0 Å². The maximum Gasteiger partial charge on any atom is 1.00 e. The number of hydrogen-bond donors (Lipinski definition) is 1. The Kier molecular flexibility index (Phi) is 9.94. The summed E-state index contributed by atoms with van der Waals surface area (Å²) >= 11 is 0. The van der Waals surface area contributed by atoms with E-state index in [2.05, 4.69) is 4.72 Å². The summed E-state index contributed by atoms with van der Waals surface area (Å²) < 4.78 is 23.8. The summed E-state index contributed by atoms with van der Waals surface area (Å²) in [6.45, 7) is 0.361. The molecule has 0 radical (unpaired) electrons. The molecule has 1 aromatic carbocycles. The van der Waals surface area contributed by atoms with Gasteiger partial charge in [0.1, 0.15) is 0 Å². The fourth-order valence-corrected chi connectivity index (χ4v) is 1.24. The molecule has 0 aliphatic carbocycles. The Hall–Kier alpha value is 0.860. The second-order valence-corrected chi connectivity index (χ2v) is 4.41. The number of nitrogens with one attached hydrogen (secondary N) is 1. The molecular formula is C8H11INNaO2S. The standard InChI is InChI=1S/C8H11NO2S.HI.Na/c1-12(10,11)9-7-8-5-3-2-4-6-8;;/h2-6,9H,7H2,1H3;1H;/q;;+1/p-1. The van der Waals surface area contributed by atoms with Crippen LogP contribution in [0, 0.1) is 0 Å². The van der Waals surface area contributed by atoms with Crippen LogP contribution in [-0.2, 0) is 16.6 Å². The topological polar surface area (TPSA) is 46.2 Å². The van der Waals surface area contributed by atoms with Crippen molar-refractivity contribution >= 4 is 10.0 Å². The van der Waals surface area contributed by atoms with E-state index in [1.165, 1.54) is 0 Å². The normalized spacial score (nSPS) is 9.79. The third-order valence-corrected chi connectivity index (χ3v) is 2.05. The molecule has 1 N–H and O–H groups in total. The molecule has 0 unspecified atom stereocenters. The molecule has 0 bridgehead atoms. The van der Waals surface area contributed by atoms with Crippen molar-refractivity contribution in [3.63, 3.8) is 0 Å². The zero-order valence-corrected chi connectivity index (χ0v) is 13.2. The molecule has 1 rings (SSSR count). The zero-order chi connectivity index (χ0) is 9.03. The second-order valence-electron chi connectivity index (χ2n) is 2.58. The third-order valence-electron chi connectivity index (χ3n) is 1.38. The van der Waals surface area contributed by atoms with Crippen LogP contribution in [0.15, 0.2) is 30.3 Å². The van der Waals surface area contributed by atoms with Gasteiger partial charge in [-0.15, -0.1) is 0 Å². The quantitative estimate of drug-likeness (QED) is 0.443. The molecule has 0 spiro atoms. The Labute approximate surface area is 124 Å². The van der Waals surface area contributed by atoms with Crippen LogP contribution in [0.25, 0.3) is 0 Å². The largest absolute Gasteiger partial charge is 1.00 e. The van der Waals surface area contributed by atoms with Gasteiger partial charge < -0.3 is 24.0 Å². The van der Waals surface area contributed by atoms with Gasteiger partial charge in [-0.25, -0.2) is 13.1 Å². The summed E-state index contributed by atoms with van der Waals surface area (Å²) in [4.78, 5) is 0. The van der Waals surface area contributed by atoms with Crippen molar-refractivity contribution < 1.29 is 62.0 Å². The van der Waals surface area contributed by atoms with Gasteiger partial charge in [-0.1, -0.05) is 30.3 Å². The van der Waals surface area contributed by atoms with E-state index >= 15 is 0 Å². The van der Waals surface area contributed by atoms with Crippen molar-refractivity contribution in [2.75, 3.05) is 6.26 Å². The molecule has 0 atom stereocenters. The first-order valence-corrected chi connectivity index (χ1v) is 5.45. The Bertz CT molecular complexity index is 342. The van der Waals surface area contributed by atoms with Gasteiger partial charge in [0.15, 0.2) is 0 Å². The molecule has 0 aliphatic heterocycles. The fraction of sp³-hybridized carbons (Fsp3) is 0.250. The van der Waals surface area contributed by atoms with Crippen LogP contribution in [0.5, 0.6) is 0 Å². The molecule has 0 aromatic heterocycles. The molecule has 1 aromatic rings. The minimum atomic E-state index is -3.07. The molecule has 0 saturated carbocycles. The number of benzene rings is 1. The fourth-order valence-electron chi connectivity index (χ4n) is 0.810. The van der Waals surface area contributed by atoms with E-state index in [1.54, 1.807) is 0 Å².